The lowest BCUT2D eigenvalue weighted by atomic mass is 10.2. The summed E-state index contributed by atoms with van der Waals surface area (Å²) in [6.07, 6.45) is 4.31. The van der Waals surface area contributed by atoms with E-state index in [2.05, 4.69) is 9.72 Å². The molecule has 0 aliphatic carbocycles. The van der Waals surface area contributed by atoms with Crippen LogP contribution in [-0.4, -0.2) is 25.2 Å². The Hall–Kier alpha value is -1.91. The third kappa shape index (κ3) is 3.34. The van der Waals surface area contributed by atoms with Gasteiger partial charge in [0.1, 0.15) is 5.82 Å². The molecule has 1 heterocycles. The van der Waals surface area contributed by atoms with Crippen molar-refractivity contribution in [2.24, 2.45) is 0 Å². The van der Waals surface area contributed by atoms with Crippen LogP contribution in [-0.2, 0) is 9.53 Å². The minimum atomic E-state index is -0.460. The van der Waals surface area contributed by atoms with Crippen LogP contribution in [0.5, 0.6) is 5.88 Å². The van der Waals surface area contributed by atoms with Crippen LogP contribution in [0.15, 0.2) is 18.3 Å². The molecule has 0 bridgehead atoms. The molecule has 0 fully saturated rings. The van der Waals surface area contributed by atoms with Gasteiger partial charge in [-0.15, -0.1) is 0 Å². The molecule has 1 rings (SSSR count). The molecule has 0 saturated heterocycles. The zero-order chi connectivity index (χ0) is 12.0. The molecule has 1 aromatic heterocycles. The quantitative estimate of drug-likeness (QED) is 0.733. The summed E-state index contributed by atoms with van der Waals surface area (Å²) in [5.41, 5.74) is 0.478. The first-order valence-electron chi connectivity index (χ1n) is 4.60. The second-order valence-corrected chi connectivity index (χ2v) is 2.93. The zero-order valence-electron chi connectivity index (χ0n) is 9.07. The number of ether oxygens (including phenoxy) is 2. The number of nitrogens with zero attached hydrogens (tertiary/aromatic N) is 1. The molecule has 0 N–H and O–H groups in total. The van der Waals surface area contributed by atoms with Gasteiger partial charge in [0, 0.05) is 5.56 Å². The molecule has 0 unspecified atom stereocenters. The average Bonchev–Trinajstić information content (AvgIpc) is 2.29. The third-order valence-corrected chi connectivity index (χ3v) is 1.85. The highest BCUT2D eigenvalue weighted by molar-refractivity contribution is 5.72. The lowest BCUT2D eigenvalue weighted by molar-refractivity contribution is -0.139. The van der Waals surface area contributed by atoms with E-state index >= 15 is 0 Å². The van der Waals surface area contributed by atoms with Crippen molar-refractivity contribution in [2.45, 2.75) is 6.42 Å². The zero-order valence-corrected chi connectivity index (χ0v) is 9.07. The molecule has 16 heavy (non-hydrogen) atoms. The van der Waals surface area contributed by atoms with E-state index in [1.807, 2.05) is 0 Å². The van der Waals surface area contributed by atoms with Crippen molar-refractivity contribution in [3.8, 4) is 5.88 Å². The summed E-state index contributed by atoms with van der Waals surface area (Å²) in [5, 5.41) is 0. The van der Waals surface area contributed by atoms with Crippen LogP contribution in [0.1, 0.15) is 12.0 Å². The van der Waals surface area contributed by atoms with E-state index in [0.717, 1.165) is 6.20 Å². The largest absolute Gasteiger partial charge is 0.481 e. The number of hydrogen-bond acceptors (Lipinski definition) is 4. The van der Waals surface area contributed by atoms with Crippen molar-refractivity contribution in [3.05, 3.63) is 29.7 Å². The van der Waals surface area contributed by atoms with Crippen molar-refractivity contribution in [1.82, 2.24) is 4.98 Å². The monoisotopic (exact) mass is 225 g/mol. The summed E-state index contributed by atoms with van der Waals surface area (Å²) in [7, 11) is 2.75. The summed E-state index contributed by atoms with van der Waals surface area (Å²) in [6, 6.07) is 1.28. The molecule has 4 nitrogen and oxygen atoms in total. The summed E-state index contributed by atoms with van der Waals surface area (Å²) in [5.74, 6) is -0.513. The fourth-order valence-electron chi connectivity index (χ4n) is 1.10. The Labute approximate surface area is 92.7 Å². The molecule has 1 aromatic rings. The van der Waals surface area contributed by atoms with Crippen molar-refractivity contribution < 1.29 is 18.7 Å². The fourth-order valence-corrected chi connectivity index (χ4v) is 1.10. The lowest BCUT2D eigenvalue weighted by Crippen LogP contribution is -1.97. The van der Waals surface area contributed by atoms with Crippen molar-refractivity contribution >= 4 is 12.0 Å². The van der Waals surface area contributed by atoms with Crippen LogP contribution in [0.3, 0.4) is 0 Å². The lowest BCUT2D eigenvalue weighted by Gasteiger charge is -2.02. The number of carbonyl (C=O) groups excluding carboxylic acids is 1. The van der Waals surface area contributed by atoms with E-state index in [0.29, 0.717) is 11.4 Å². The van der Waals surface area contributed by atoms with E-state index in [1.165, 1.54) is 20.3 Å². The molecular formula is C11H12FNO3. The van der Waals surface area contributed by atoms with Crippen molar-refractivity contribution in [2.75, 3.05) is 14.2 Å². The number of carbonyl (C=O) groups is 1. The maximum atomic E-state index is 12.9. The van der Waals surface area contributed by atoms with Gasteiger partial charge in [0.2, 0.25) is 5.88 Å². The van der Waals surface area contributed by atoms with Crippen LogP contribution in [0.25, 0.3) is 6.08 Å². The molecular weight excluding hydrogens is 213 g/mol. The second-order valence-electron chi connectivity index (χ2n) is 2.93. The number of rotatable bonds is 4. The summed E-state index contributed by atoms with van der Waals surface area (Å²) < 4.78 is 22.3. The Kier molecular flexibility index (Phi) is 4.44. The average molecular weight is 225 g/mol. The smallest absolute Gasteiger partial charge is 0.309 e. The summed E-state index contributed by atoms with van der Waals surface area (Å²) in [6.45, 7) is 0. The highest BCUT2D eigenvalue weighted by Crippen LogP contribution is 2.17. The van der Waals surface area contributed by atoms with E-state index in [4.69, 9.17) is 4.74 Å². The van der Waals surface area contributed by atoms with Crippen LogP contribution >= 0.6 is 0 Å². The number of aromatic nitrogens is 1. The van der Waals surface area contributed by atoms with Gasteiger partial charge >= 0.3 is 5.97 Å². The summed E-state index contributed by atoms with van der Waals surface area (Å²) in [4.78, 5) is 14.6. The highest BCUT2D eigenvalue weighted by Gasteiger charge is 2.03. The number of methoxy groups -OCH3 is 2. The molecule has 0 saturated carbocycles. The van der Waals surface area contributed by atoms with Gasteiger partial charge in [-0.1, -0.05) is 12.2 Å². The second kappa shape index (κ2) is 5.85. The standard InChI is InChI=1S/C11H12FNO3/c1-15-10(14)5-3-4-8-6-9(12)7-13-11(8)16-2/h3-4,6-7H,5H2,1-2H3. The van der Waals surface area contributed by atoms with Crippen LogP contribution in [0, 0.1) is 5.82 Å². The van der Waals surface area contributed by atoms with Gasteiger partial charge in [-0.3, -0.25) is 4.79 Å². The Morgan fingerprint density at radius 3 is 2.94 bits per heavy atom. The van der Waals surface area contributed by atoms with Gasteiger partial charge in [-0.2, -0.15) is 0 Å². The van der Waals surface area contributed by atoms with Gasteiger partial charge in [0.15, 0.2) is 0 Å². The first-order valence-corrected chi connectivity index (χ1v) is 4.60. The third-order valence-electron chi connectivity index (χ3n) is 1.85. The maximum Gasteiger partial charge on any atom is 0.309 e. The molecule has 0 aliphatic rings. The molecule has 86 valence electrons. The van der Waals surface area contributed by atoms with Crippen LogP contribution in [0.4, 0.5) is 4.39 Å². The van der Waals surface area contributed by atoms with E-state index in [-0.39, 0.29) is 12.4 Å². The van der Waals surface area contributed by atoms with Gasteiger partial charge < -0.3 is 9.47 Å². The molecule has 5 heteroatoms. The fraction of sp³-hybridized carbons (Fsp3) is 0.273. The van der Waals surface area contributed by atoms with Gasteiger partial charge in [-0.25, -0.2) is 9.37 Å². The van der Waals surface area contributed by atoms with Gasteiger partial charge in [0.25, 0.3) is 0 Å². The number of halogens is 1. The number of hydrogen-bond donors (Lipinski definition) is 0. The topological polar surface area (TPSA) is 48.4 Å². The number of pyridine rings is 1. The predicted octanol–water partition coefficient (Wildman–Crippen LogP) is 1.81. The van der Waals surface area contributed by atoms with E-state index in [9.17, 15) is 9.18 Å². The molecule has 0 amide bonds. The Morgan fingerprint density at radius 1 is 1.56 bits per heavy atom. The highest BCUT2D eigenvalue weighted by atomic mass is 19.1. The van der Waals surface area contributed by atoms with E-state index < -0.39 is 5.82 Å². The molecule has 0 spiro atoms. The molecule has 0 aromatic carbocycles. The SMILES string of the molecule is COC(=O)CC=Cc1cc(F)cnc1OC. The van der Waals surface area contributed by atoms with Crippen molar-refractivity contribution in [3.63, 3.8) is 0 Å². The van der Waals surface area contributed by atoms with Gasteiger partial charge in [-0.05, 0) is 6.07 Å². The van der Waals surface area contributed by atoms with Crippen LogP contribution < -0.4 is 4.74 Å². The van der Waals surface area contributed by atoms with E-state index in [1.54, 1.807) is 12.2 Å². The first kappa shape index (κ1) is 12.2. The minimum Gasteiger partial charge on any atom is -0.481 e. The normalized spacial score (nSPS) is 10.4. The Balaban J connectivity index is 2.79. The first-order chi connectivity index (χ1) is 7.67. The minimum absolute atomic E-state index is 0.121. The molecule has 0 radical (unpaired) electrons. The molecule has 0 atom stereocenters. The van der Waals surface area contributed by atoms with Crippen LogP contribution in [0.2, 0.25) is 0 Å². The summed E-state index contributed by atoms with van der Waals surface area (Å²) >= 11 is 0. The van der Waals surface area contributed by atoms with Crippen molar-refractivity contribution in [1.29, 1.82) is 0 Å². The number of esters is 1. The Bertz CT molecular complexity index is 404. The Morgan fingerprint density at radius 2 is 2.31 bits per heavy atom. The predicted molar refractivity (Wildman–Crippen MR) is 56.4 cm³/mol. The van der Waals surface area contributed by atoms with Gasteiger partial charge in [0.05, 0.1) is 26.8 Å². The maximum absolute atomic E-state index is 12.9. The molecule has 0 aliphatic heterocycles.